The summed E-state index contributed by atoms with van der Waals surface area (Å²) in [6, 6.07) is 2.79. The lowest BCUT2D eigenvalue weighted by molar-refractivity contribution is 0.533. The maximum absolute atomic E-state index is 4.63. The van der Waals surface area contributed by atoms with Crippen LogP contribution in [0.5, 0.6) is 0 Å². The van der Waals surface area contributed by atoms with Crippen molar-refractivity contribution in [1.82, 2.24) is 5.32 Å². The Labute approximate surface area is 111 Å². The van der Waals surface area contributed by atoms with Crippen LogP contribution in [0.15, 0.2) is 16.4 Å². The van der Waals surface area contributed by atoms with Crippen molar-refractivity contribution in [3.63, 3.8) is 0 Å². The van der Waals surface area contributed by atoms with E-state index < -0.39 is 0 Å². The zero-order chi connectivity index (χ0) is 11.7. The van der Waals surface area contributed by atoms with Crippen molar-refractivity contribution in [1.29, 1.82) is 0 Å². The molecular weight excluding hydrogens is 248 g/mol. The first kappa shape index (κ1) is 11.6. The minimum Gasteiger partial charge on any atom is -0.358 e. The Morgan fingerprint density at radius 3 is 3.24 bits per heavy atom. The molecule has 92 valence electrons. The van der Waals surface area contributed by atoms with Gasteiger partial charge in [-0.3, -0.25) is 4.99 Å². The van der Waals surface area contributed by atoms with Gasteiger partial charge in [0.15, 0.2) is 5.17 Å². The van der Waals surface area contributed by atoms with Gasteiger partial charge in [-0.2, -0.15) is 0 Å². The van der Waals surface area contributed by atoms with Crippen LogP contribution in [-0.2, 0) is 6.42 Å². The standard InChI is InChI=1S/C13H18N2S2/c1-9-7-14-13(17-8-9)15-11-3-2-4-12-10(11)5-6-16-12/h5-6,9,11H,2-4,7-8H2,1H3,(H,14,15). The van der Waals surface area contributed by atoms with Gasteiger partial charge >= 0.3 is 0 Å². The Hall–Kier alpha value is -0.480. The third-order valence-corrected chi connectivity index (χ3v) is 5.65. The second kappa shape index (κ2) is 5.02. The smallest absolute Gasteiger partial charge is 0.157 e. The SMILES string of the molecule is CC1CN=C(NC2CCCc3sccc32)SC1. The summed E-state index contributed by atoms with van der Waals surface area (Å²) in [6.07, 6.45) is 3.82. The number of hydrogen-bond donors (Lipinski definition) is 1. The quantitative estimate of drug-likeness (QED) is 0.842. The first-order chi connectivity index (χ1) is 8.33. The highest BCUT2D eigenvalue weighted by molar-refractivity contribution is 8.13. The Morgan fingerprint density at radius 2 is 2.41 bits per heavy atom. The molecule has 0 saturated carbocycles. The number of thiophene rings is 1. The topological polar surface area (TPSA) is 24.4 Å². The molecule has 0 amide bonds. The Kier molecular flexibility index (Phi) is 3.43. The van der Waals surface area contributed by atoms with Gasteiger partial charge in [-0.15, -0.1) is 11.3 Å². The lowest BCUT2D eigenvalue weighted by Gasteiger charge is -2.27. The Balaban J connectivity index is 1.71. The van der Waals surface area contributed by atoms with Gasteiger partial charge in [0.2, 0.25) is 0 Å². The first-order valence-electron chi connectivity index (χ1n) is 6.33. The number of aliphatic imine (C=N–C) groups is 1. The van der Waals surface area contributed by atoms with Crippen molar-refractivity contribution in [3.8, 4) is 0 Å². The van der Waals surface area contributed by atoms with Gasteiger partial charge in [0, 0.05) is 17.2 Å². The average Bonchev–Trinajstić information content (AvgIpc) is 2.81. The third-order valence-electron chi connectivity index (χ3n) is 3.40. The molecular formula is C13H18N2S2. The lowest BCUT2D eigenvalue weighted by atomic mass is 9.94. The van der Waals surface area contributed by atoms with Crippen molar-refractivity contribution in [2.75, 3.05) is 12.3 Å². The molecule has 0 saturated heterocycles. The molecule has 4 heteroatoms. The second-order valence-corrected chi connectivity index (χ2v) is 6.96. The molecule has 0 aromatic carbocycles. The molecule has 0 bridgehead atoms. The number of aryl methyl sites for hydroxylation is 1. The second-order valence-electron chi connectivity index (χ2n) is 4.95. The monoisotopic (exact) mass is 266 g/mol. The third kappa shape index (κ3) is 2.52. The van der Waals surface area contributed by atoms with Gasteiger partial charge in [-0.05, 0) is 42.2 Å². The minimum absolute atomic E-state index is 0.504. The van der Waals surface area contributed by atoms with Crippen LogP contribution < -0.4 is 5.32 Å². The van der Waals surface area contributed by atoms with E-state index >= 15 is 0 Å². The zero-order valence-corrected chi connectivity index (χ0v) is 11.7. The van der Waals surface area contributed by atoms with Crippen LogP contribution in [0.4, 0.5) is 0 Å². The van der Waals surface area contributed by atoms with Crippen molar-refractivity contribution in [2.45, 2.75) is 32.2 Å². The maximum atomic E-state index is 4.63. The molecule has 0 fully saturated rings. The Morgan fingerprint density at radius 1 is 1.47 bits per heavy atom. The average molecular weight is 266 g/mol. The van der Waals surface area contributed by atoms with Crippen molar-refractivity contribution < 1.29 is 0 Å². The van der Waals surface area contributed by atoms with Crippen LogP contribution >= 0.6 is 23.1 Å². The van der Waals surface area contributed by atoms with E-state index in [-0.39, 0.29) is 0 Å². The fourth-order valence-corrected chi connectivity index (χ4v) is 4.36. The van der Waals surface area contributed by atoms with Crippen molar-refractivity contribution in [2.24, 2.45) is 10.9 Å². The summed E-state index contributed by atoms with van der Waals surface area (Å²) >= 11 is 3.79. The molecule has 2 atom stereocenters. The predicted molar refractivity (Wildman–Crippen MR) is 77.1 cm³/mol. The number of nitrogens with one attached hydrogen (secondary N) is 1. The zero-order valence-electron chi connectivity index (χ0n) is 10.1. The summed E-state index contributed by atoms with van der Waals surface area (Å²) in [5.41, 5.74) is 1.52. The summed E-state index contributed by atoms with van der Waals surface area (Å²) in [5.74, 6) is 1.93. The highest BCUT2D eigenvalue weighted by atomic mass is 32.2. The molecule has 0 spiro atoms. The van der Waals surface area contributed by atoms with Crippen molar-refractivity contribution in [3.05, 3.63) is 21.9 Å². The fraction of sp³-hybridized carbons (Fsp3) is 0.615. The number of rotatable bonds is 1. The molecule has 2 heterocycles. The van der Waals surface area contributed by atoms with E-state index in [2.05, 4.69) is 28.7 Å². The number of amidine groups is 1. The maximum Gasteiger partial charge on any atom is 0.157 e. The van der Waals surface area contributed by atoms with Gasteiger partial charge in [0.25, 0.3) is 0 Å². The molecule has 0 radical (unpaired) electrons. The fourth-order valence-electron chi connectivity index (χ4n) is 2.43. The molecule has 1 aliphatic carbocycles. The van der Waals surface area contributed by atoms with E-state index in [1.54, 1.807) is 4.88 Å². The summed E-state index contributed by atoms with van der Waals surface area (Å²) in [6.45, 7) is 3.25. The van der Waals surface area contributed by atoms with Crippen molar-refractivity contribution >= 4 is 28.3 Å². The van der Waals surface area contributed by atoms with Crippen LogP contribution in [0.1, 0.15) is 36.2 Å². The van der Waals surface area contributed by atoms with Crippen LogP contribution in [0.3, 0.4) is 0 Å². The molecule has 3 rings (SSSR count). The van der Waals surface area contributed by atoms with Gasteiger partial charge in [0.05, 0.1) is 6.04 Å². The van der Waals surface area contributed by atoms with Crippen LogP contribution in [0.25, 0.3) is 0 Å². The summed E-state index contributed by atoms with van der Waals surface area (Å²) < 4.78 is 0. The molecule has 2 nitrogen and oxygen atoms in total. The molecule has 1 aromatic rings. The van der Waals surface area contributed by atoms with E-state index in [0.717, 1.165) is 17.6 Å². The van der Waals surface area contributed by atoms with Gasteiger partial charge in [-0.25, -0.2) is 0 Å². The van der Waals surface area contributed by atoms with Crippen LogP contribution in [0.2, 0.25) is 0 Å². The van der Waals surface area contributed by atoms with Crippen LogP contribution in [0, 0.1) is 5.92 Å². The minimum atomic E-state index is 0.504. The molecule has 1 N–H and O–H groups in total. The van der Waals surface area contributed by atoms with Gasteiger partial charge in [-0.1, -0.05) is 18.7 Å². The number of thioether (sulfide) groups is 1. The van der Waals surface area contributed by atoms with E-state index in [4.69, 9.17) is 0 Å². The largest absolute Gasteiger partial charge is 0.358 e. The lowest BCUT2D eigenvalue weighted by Crippen LogP contribution is -2.31. The van der Waals surface area contributed by atoms with Gasteiger partial charge < -0.3 is 5.32 Å². The normalized spacial score (nSPS) is 28.4. The highest BCUT2D eigenvalue weighted by Gasteiger charge is 2.23. The summed E-state index contributed by atoms with van der Waals surface area (Å²) in [5, 5.41) is 7.02. The van der Waals surface area contributed by atoms with Crippen LogP contribution in [-0.4, -0.2) is 17.5 Å². The summed E-state index contributed by atoms with van der Waals surface area (Å²) in [7, 11) is 0. The molecule has 17 heavy (non-hydrogen) atoms. The number of fused-ring (bicyclic) bond motifs is 1. The molecule has 1 aromatic heterocycles. The van der Waals surface area contributed by atoms with E-state index in [1.165, 1.54) is 30.6 Å². The number of hydrogen-bond acceptors (Lipinski definition) is 4. The van der Waals surface area contributed by atoms with Gasteiger partial charge in [0.1, 0.15) is 0 Å². The summed E-state index contributed by atoms with van der Waals surface area (Å²) in [4.78, 5) is 6.21. The van der Waals surface area contributed by atoms with E-state index in [9.17, 15) is 0 Å². The predicted octanol–water partition coefficient (Wildman–Crippen LogP) is 3.45. The molecule has 2 unspecified atom stereocenters. The van der Waals surface area contributed by atoms with E-state index in [1.807, 2.05) is 23.1 Å². The molecule has 1 aliphatic heterocycles. The van der Waals surface area contributed by atoms with E-state index in [0.29, 0.717) is 6.04 Å². The first-order valence-corrected chi connectivity index (χ1v) is 8.19. The number of nitrogens with zero attached hydrogens (tertiary/aromatic N) is 1. The highest BCUT2D eigenvalue weighted by Crippen LogP contribution is 2.34. The Bertz CT molecular complexity index is 425. The molecule has 2 aliphatic rings.